The SMILES string of the molecule is Cc1nc(C(=O)Nc2[nH]nc3nccc(-c4ccccc4)c23)c(C)[nH]1.O=CO. The molecule has 0 spiro atoms. The van der Waals surface area contributed by atoms with Gasteiger partial charge in [0.15, 0.2) is 5.65 Å². The number of anilines is 1. The molecular formula is C19H18N6O3. The van der Waals surface area contributed by atoms with Crippen molar-refractivity contribution in [2.75, 3.05) is 5.32 Å². The minimum Gasteiger partial charge on any atom is -0.483 e. The molecule has 0 saturated carbocycles. The Morgan fingerprint density at radius 3 is 2.54 bits per heavy atom. The Bertz CT molecular complexity index is 1120. The van der Waals surface area contributed by atoms with Gasteiger partial charge in [0.05, 0.1) is 5.39 Å². The van der Waals surface area contributed by atoms with Crippen molar-refractivity contribution in [1.82, 2.24) is 25.1 Å². The number of nitrogens with one attached hydrogen (secondary N) is 3. The number of aryl methyl sites for hydroxylation is 2. The summed E-state index contributed by atoms with van der Waals surface area (Å²) in [6, 6.07) is 11.8. The first-order valence-electron chi connectivity index (χ1n) is 8.36. The summed E-state index contributed by atoms with van der Waals surface area (Å²) < 4.78 is 0. The highest BCUT2D eigenvalue weighted by Crippen LogP contribution is 2.31. The van der Waals surface area contributed by atoms with E-state index in [1.165, 1.54) is 0 Å². The number of hydrogen-bond donors (Lipinski definition) is 4. The monoisotopic (exact) mass is 378 g/mol. The molecule has 4 rings (SSSR count). The number of carbonyl (C=O) groups is 2. The van der Waals surface area contributed by atoms with E-state index in [1.54, 1.807) is 6.20 Å². The highest BCUT2D eigenvalue weighted by atomic mass is 16.3. The fraction of sp³-hybridized carbons (Fsp3) is 0.105. The average Bonchev–Trinajstić information content (AvgIpc) is 3.25. The third-order valence-corrected chi connectivity index (χ3v) is 4.00. The fourth-order valence-electron chi connectivity index (χ4n) is 2.90. The molecule has 0 aliphatic heterocycles. The van der Waals surface area contributed by atoms with Crippen LogP contribution in [0.1, 0.15) is 22.0 Å². The van der Waals surface area contributed by atoms with Crippen molar-refractivity contribution in [2.24, 2.45) is 0 Å². The third-order valence-electron chi connectivity index (χ3n) is 4.00. The van der Waals surface area contributed by atoms with Gasteiger partial charge in [-0.2, -0.15) is 5.10 Å². The second-order valence-electron chi connectivity index (χ2n) is 5.88. The van der Waals surface area contributed by atoms with Crippen LogP contribution in [-0.2, 0) is 4.79 Å². The lowest BCUT2D eigenvalue weighted by Crippen LogP contribution is -2.14. The molecule has 142 valence electrons. The number of nitrogens with zero attached hydrogens (tertiary/aromatic N) is 3. The number of aromatic nitrogens is 5. The van der Waals surface area contributed by atoms with Crippen molar-refractivity contribution in [3.8, 4) is 11.1 Å². The van der Waals surface area contributed by atoms with Gasteiger partial charge >= 0.3 is 0 Å². The number of carbonyl (C=O) groups excluding carboxylic acids is 1. The van der Waals surface area contributed by atoms with E-state index in [4.69, 9.17) is 9.90 Å². The molecule has 1 aromatic carbocycles. The standard InChI is InChI=1S/C18H16N6O.CH2O2/c1-10-15(21-11(2)20-10)18(25)22-17-14-13(12-6-4-3-5-7-12)8-9-19-16(14)23-24-17;2-1-3/h3-9H,1-2H3,(H,20,21)(H2,19,22,23,24,25);1H,(H,2,3). The summed E-state index contributed by atoms with van der Waals surface area (Å²) in [5, 5.41) is 17.6. The molecule has 0 aliphatic carbocycles. The summed E-state index contributed by atoms with van der Waals surface area (Å²) in [5.41, 5.74) is 3.61. The predicted octanol–water partition coefficient (Wildman–Crippen LogP) is 2.92. The van der Waals surface area contributed by atoms with Gasteiger partial charge in [-0.15, -0.1) is 0 Å². The lowest BCUT2D eigenvalue weighted by molar-refractivity contribution is -0.122. The van der Waals surface area contributed by atoms with Crippen LogP contribution in [0, 0.1) is 13.8 Å². The van der Waals surface area contributed by atoms with Crippen LogP contribution in [0.15, 0.2) is 42.6 Å². The van der Waals surface area contributed by atoms with E-state index in [0.29, 0.717) is 23.0 Å². The normalized spacial score (nSPS) is 10.2. The molecule has 4 N–H and O–H groups in total. The Morgan fingerprint density at radius 1 is 1.18 bits per heavy atom. The molecule has 0 unspecified atom stereocenters. The summed E-state index contributed by atoms with van der Waals surface area (Å²) in [6.45, 7) is 3.38. The van der Waals surface area contributed by atoms with Crippen LogP contribution in [0.2, 0.25) is 0 Å². The van der Waals surface area contributed by atoms with Gasteiger partial charge < -0.3 is 15.4 Å². The minimum absolute atomic E-state index is 0.250. The van der Waals surface area contributed by atoms with Crippen LogP contribution in [0.3, 0.4) is 0 Å². The number of benzene rings is 1. The van der Waals surface area contributed by atoms with Gasteiger partial charge in [0, 0.05) is 11.9 Å². The summed E-state index contributed by atoms with van der Waals surface area (Å²) in [5.74, 6) is 0.908. The zero-order chi connectivity index (χ0) is 20.1. The van der Waals surface area contributed by atoms with Crippen LogP contribution in [0.4, 0.5) is 5.82 Å². The Kier molecular flexibility index (Phi) is 5.45. The van der Waals surface area contributed by atoms with E-state index < -0.39 is 0 Å². The highest BCUT2D eigenvalue weighted by Gasteiger charge is 2.18. The van der Waals surface area contributed by atoms with E-state index in [-0.39, 0.29) is 12.4 Å². The van der Waals surface area contributed by atoms with Gasteiger partial charge in [-0.3, -0.25) is 14.7 Å². The third kappa shape index (κ3) is 3.73. The Balaban J connectivity index is 0.000000706. The van der Waals surface area contributed by atoms with Crippen LogP contribution in [0.5, 0.6) is 0 Å². The first kappa shape index (κ1) is 18.8. The molecule has 9 heteroatoms. The molecule has 0 atom stereocenters. The van der Waals surface area contributed by atoms with Crippen LogP contribution >= 0.6 is 0 Å². The number of fused-ring (bicyclic) bond motifs is 1. The molecule has 0 saturated heterocycles. The molecule has 0 fully saturated rings. The van der Waals surface area contributed by atoms with E-state index in [1.807, 2.05) is 50.2 Å². The number of rotatable bonds is 3. The van der Waals surface area contributed by atoms with Gasteiger partial charge in [0.25, 0.3) is 12.4 Å². The zero-order valence-corrected chi connectivity index (χ0v) is 15.2. The van der Waals surface area contributed by atoms with Gasteiger partial charge in [0.2, 0.25) is 0 Å². The minimum atomic E-state index is -0.296. The zero-order valence-electron chi connectivity index (χ0n) is 15.2. The van der Waals surface area contributed by atoms with Crippen LogP contribution in [0.25, 0.3) is 22.2 Å². The summed E-state index contributed by atoms with van der Waals surface area (Å²) in [4.78, 5) is 32.5. The molecule has 3 heterocycles. The largest absolute Gasteiger partial charge is 0.483 e. The predicted molar refractivity (Wildman–Crippen MR) is 104 cm³/mol. The lowest BCUT2D eigenvalue weighted by Gasteiger charge is -2.06. The molecule has 3 aromatic heterocycles. The maximum absolute atomic E-state index is 12.6. The van der Waals surface area contributed by atoms with Crippen molar-refractivity contribution in [2.45, 2.75) is 13.8 Å². The molecule has 9 nitrogen and oxygen atoms in total. The summed E-state index contributed by atoms with van der Waals surface area (Å²) >= 11 is 0. The molecule has 0 bridgehead atoms. The molecule has 28 heavy (non-hydrogen) atoms. The van der Waals surface area contributed by atoms with E-state index in [0.717, 1.165) is 22.2 Å². The summed E-state index contributed by atoms with van der Waals surface area (Å²) in [7, 11) is 0. The number of pyridine rings is 1. The number of imidazole rings is 1. The highest BCUT2D eigenvalue weighted by molar-refractivity contribution is 6.10. The van der Waals surface area contributed by atoms with Crippen molar-refractivity contribution < 1.29 is 14.7 Å². The number of H-pyrrole nitrogens is 2. The van der Waals surface area contributed by atoms with Crippen molar-refractivity contribution >= 4 is 29.2 Å². The molecule has 0 radical (unpaired) electrons. The van der Waals surface area contributed by atoms with Crippen molar-refractivity contribution in [3.05, 3.63) is 59.8 Å². The average molecular weight is 378 g/mol. The maximum Gasteiger partial charge on any atom is 0.290 e. The van der Waals surface area contributed by atoms with Crippen molar-refractivity contribution in [1.29, 1.82) is 0 Å². The van der Waals surface area contributed by atoms with Gasteiger partial charge in [-0.25, -0.2) is 9.97 Å². The van der Waals surface area contributed by atoms with E-state index in [2.05, 4.69) is 30.5 Å². The first-order valence-corrected chi connectivity index (χ1v) is 8.36. The van der Waals surface area contributed by atoms with Gasteiger partial charge in [0.1, 0.15) is 17.3 Å². The quantitative estimate of drug-likeness (QED) is 0.405. The second kappa shape index (κ2) is 8.12. The van der Waals surface area contributed by atoms with Crippen LogP contribution in [-0.4, -0.2) is 42.6 Å². The second-order valence-corrected chi connectivity index (χ2v) is 5.88. The molecule has 4 aromatic rings. The topological polar surface area (TPSA) is 137 Å². The Hall–Kier alpha value is -4.01. The number of aromatic amines is 2. The number of amides is 1. The fourth-order valence-corrected chi connectivity index (χ4v) is 2.90. The summed E-state index contributed by atoms with van der Waals surface area (Å²) in [6.07, 6.45) is 1.71. The Morgan fingerprint density at radius 2 is 1.89 bits per heavy atom. The number of carboxylic acid groups (broad SMARTS) is 1. The molecule has 0 aliphatic rings. The number of hydrogen-bond acceptors (Lipinski definition) is 5. The van der Waals surface area contributed by atoms with Crippen molar-refractivity contribution in [3.63, 3.8) is 0 Å². The van der Waals surface area contributed by atoms with Crippen LogP contribution < -0.4 is 5.32 Å². The smallest absolute Gasteiger partial charge is 0.290 e. The lowest BCUT2D eigenvalue weighted by atomic mass is 10.0. The Labute approximate surface area is 159 Å². The molecule has 1 amide bonds. The molecular weight excluding hydrogens is 360 g/mol. The van der Waals surface area contributed by atoms with E-state index in [9.17, 15) is 4.79 Å². The maximum atomic E-state index is 12.6. The first-order chi connectivity index (χ1) is 13.5. The van der Waals surface area contributed by atoms with Gasteiger partial charge in [-0.1, -0.05) is 30.3 Å². The van der Waals surface area contributed by atoms with Gasteiger partial charge in [-0.05, 0) is 31.0 Å². The van der Waals surface area contributed by atoms with E-state index >= 15 is 0 Å².